The lowest BCUT2D eigenvalue weighted by molar-refractivity contribution is -0.151. The van der Waals surface area contributed by atoms with Crippen molar-refractivity contribution in [3.05, 3.63) is 54.1 Å². The Labute approximate surface area is 141 Å². The van der Waals surface area contributed by atoms with Gasteiger partial charge in [0.1, 0.15) is 6.10 Å². The van der Waals surface area contributed by atoms with E-state index in [-0.39, 0.29) is 18.0 Å². The lowest BCUT2D eigenvalue weighted by Crippen LogP contribution is -2.28. The van der Waals surface area contributed by atoms with E-state index in [1.807, 2.05) is 24.3 Å². The van der Waals surface area contributed by atoms with Crippen LogP contribution in [0.1, 0.15) is 25.3 Å². The molecular formula is C20H20O4. The van der Waals surface area contributed by atoms with E-state index in [1.54, 1.807) is 0 Å². The van der Waals surface area contributed by atoms with Crippen LogP contribution >= 0.6 is 0 Å². The lowest BCUT2D eigenvalue weighted by atomic mass is 9.84. The van der Waals surface area contributed by atoms with Gasteiger partial charge in [-0.3, -0.25) is 9.59 Å². The summed E-state index contributed by atoms with van der Waals surface area (Å²) in [7, 11) is 1.38. The van der Waals surface area contributed by atoms with Crippen LogP contribution in [0.25, 0.3) is 16.3 Å². The molecule has 0 aliphatic heterocycles. The number of carbonyl (C=O) groups excluding carboxylic acids is 2. The van der Waals surface area contributed by atoms with Crippen molar-refractivity contribution in [1.82, 2.24) is 0 Å². The van der Waals surface area contributed by atoms with E-state index in [4.69, 9.17) is 9.47 Å². The Morgan fingerprint density at radius 2 is 1.83 bits per heavy atom. The van der Waals surface area contributed by atoms with E-state index < -0.39 is 5.92 Å². The molecule has 2 aromatic rings. The van der Waals surface area contributed by atoms with Crippen molar-refractivity contribution >= 4 is 28.3 Å². The number of rotatable bonds is 3. The largest absolute Gasteiger partial charge is 0.469 e. The predicted molar refractivity (Wildman–Crippen MR) is 92.2 cm³/mol. The van der Waals surface area contributed by atoms with Crippen LogP contribution in [0.3, 0.4) is 0 Å². The first-order chi connectivity index (χ1) is 11.6. The third-order valence-corrected chi connectivity index (χ3v) is 4.32. The summed E-state index contributed by atoms with van der Waals surface area (Å²) in [5, 5.41) is 2.30. The topological polar surface area (TPSA) is 52.6 Å². The SMILES string of the molecule is COC(=O)[C@@H]1C=C(c2ccc3ccccc3c2)C[C@H](OC(C)=O)C1. The van der Waals surface area contributed by atoms with Gasteiger partial charge < -0.3 is 9.47 Å². The van der Waals surface area contributed by atoms with Gasteiger partial charge in [-0.05, 0) is 28.0 Å². The van der Waals surface area contributed by atoms with Crippen molar-refractivity contribution in [2.45, 2.75) is 25.9 Å². The summed E-state index contributed by atoms with van der Waals surface area (Å²) in [5.41, 5.74) is 2.05. The van der Waals surface area contributed by atoms with Crippen LogP contribution in [-0.4, -0.2) is 25.2 Å². The number of ether oxygens (including phenoxy) is 2. The molecule has 0 N–H and O–H groups in total. The molecule has 0 fully saturated rings. The van der Waals surface area contributed by atoms with Gasteiger partial charge in [-0.15, -0.1) is 0 Å². The fourth-order valence-corrected chi connectivity index (χ4v) is 3.23. The molecule has 0 saturated carbocycles. The Morgan fingerprint density at radius 3 is 2.54 bits per heavy atom. The molecule has 0 heterocycles. The molecule has 0 spiro atoms. The fraction of sp³-hybridized carbons (Fsp3) is 0.300. The first-order valence-electron chi connectivity index (χ1n) is 8.01. The summed E-state index contributed by atoms with van der Waals surface area (Å²) in [6, 6.07) is 14.3. The second kappa shape index (κ2) is 6.87. The maximum absolute atomic E-state index is 12.0. The molecule has 24 heavy (non-hydrogen) atoms. The molecule has 1 aliphatic carbocycles. The van der Waals surface area contributed by atoms with Crippen molar-refractivity contribution in [1.29, 1.82) is 0 Å². The minimum absolute atomic E-state index is 0.301. The Morgan fingerprint density at radius 1 is 1.08 bits per heavy atom. The molecular weight excluding hydrogens is 304 g/mol. The molecule has 0 saturated heterocycles. The molecule has 0 amide bonds. The highest BCUT2D eigenvalue weighted by Gasteiger charge is 2.30. The van der Waals surface area contributed by atoms with Crippen molar-refractivity contribution in [2.24, 2.45) is 5.92 Å². The lowest BCUT2D eigenvalue weighted by Gasteiger charge is -2.27. The quantitative estimate of drug-likeness (QED) is 0.807. The molecule has 0 radical (unpaired) electrons. The van der Waals surface area contributed by atoms with E-state index in [0.717, 1.165) is 16.5 Å². The van der Waals surface area contributed by atoms with Crippen molar-refractivity contribution in [3.63, 3.8) is 0 Å². The Balaban J connectivity index is 1.96. The molecule has 0 unspecified atom stereocenters. The summed E-state index contributed by atoms with van der Waals surface area (Å²) in [6.45, 7) is 1.39. The zero-order valence-electron chi connectivity index (χ0n) is 13.8. The Bertz CT molecular complexity index is 806. The maximum atomic E-state index is 12.0. The zero-order chi connectivity index (χ0) is 17.1. The van der Waals surface area contributed by atoms with Gasteiger partial charge in [-0.25, -0.2) is 0 Å². The average molecular weight is 324 g/mol. The van der Waals surface area contributed by atoms with Crippen LogP contribution in [0.15, 0.2) is 48.5 Å². The molecule has 4 heteroatoms. The van der Waals surface area contributed by atoms with Crippen LogP contribution in [-0.2, 0) is 19.1 Å². The molecule has 1 aliphatic rings. The Hall–Kier alpha value is -2.62. The monoisotopic (exact) mass is 324 g/mol. The molecule has 124 valence electrons. The Kier molecular flexibility index (Phi) is 4.65. The van der Waals surface area contributed by atoms with Crippen LogP contribution in [0.4, 0.5) is 0 Å². The summed E-state index contributed by atoms with van der Waals surface area (Å²) < 4.78 is 10.2. The van der Waals surface area contributed by atoms with E-state index in [2.05, 4.69) is 24.3 Å². The number of methoxy groups -OCH3 is 1. The molecule has 0 bridgehead atoms. The summed E-state index contributed by atoms with van der Waals surface area (Å²) in [6.07, 6.45) is 2.70. The van der Waals surface area contributed by atoms with Gasteiger partial charge >= 0.3 is 11.9 Å². The highest BCUT2D eigenvalue weighted by molar-refractivity contribution is 5.87. The fourth-order valence-electron chi connectivity index (χ4n) is 3.23. The predicted octanol–water partition coefficient (Wildman–Crippen LogP) is 3.74. The third kappa shape index (κ3) is 3.48. The van der Waals surface area contributed by atoms with E-state index >= 15 is 0 Å². The summed E-state index contributed by atoms with van der Waals surface area (Å²) in [5.74, 6) is -1.02. The molecule has 2 aromatic carbocycles. The van der Waals surface area contributed by atoms with E-state index in [1.165, 1.54) is 19.4 Å². The molecule has 3 rings (SSSR count). The first-order valence-corrected chi connectivity index (χ1v) is 8.01. The number of esters is 2. The highest BCUT2D eigenvalue weighted by atomic mass is 16.5. The number of hydrogen-bond donors (Lipinski definition) is 0. The molecule has 0 aromatic heterocycles. The van der Waals surface area contributed by atoms with Crippen LogP contribution in [0, 0.1) is 5.92 Å². The number of fused-ring (bicyclic) bond motifs is 1. The van der Waals surface area contributed by atoms with Gasteiger partial charge in [-0.2, -0.15) is 0 Å². The van der Waals surface area contributed by atoms with Crippen molar-refractivity contribution < 1.29 is 19.1 Å². The van der Waals surface area contributed by atoms with E-state index in [9.17, 15) is 9.59 Å². The van der Waals surface area contributed by atoms with Gasteiger partial charge in [0, 0.05) is 19.8 Å². The standard InChI is InChI=1S/C20H20O4/c1-13(21)24-19-11-17(10-18(12-19)20(22)23-2)16-8-7-14-5-3-4-6-15(14)9-16/h3-10,18-19H,11-12H2,1-2H3/t18-,19+/m1/s1. The first kappa shape index (κ1) is 16.2. The summed E-state index contributed by atoms with van der Waals surface area (Å²) in [4.78, 5) is 23.3. The number of carbonyl (C=O) groups is 2. The van der Waals surface area contributed by atoms with Gasteiger partial charge in [-0.1, -0.05) is 42.5 Å². The normalized spacial score (nSPS) is 20.3. The van der Waals surface area contributed by atoms with Gasteiger partial charge in [0.15, 0.2) is 0 Å². The average Bonchev–Trinajstić information content (AvgIpc) is 2.59. The van der Waals surface area contributed by atoms with Crippen LogP contribution < -0.4 is 0 Å². The van der Waals surface area contributed by atoms with Gasteiger partial charge in [0.25, 0.3) is 0 Å². The minimum Gasteiger partial charge on any atom is -0.469 e. The third-order valence-electron chi connectivity index (χ3n) is 4.32. The van der Waals surface area contributed by atoms with Crippen molar-refractivity contribution in [3.8, 4) is 0 Å². The van der Waals surface area contributed by atoms with E-state index in [0.29, 0.717) is 12.8 Å². The highest BCUT2D eigenvalue weighted by Crippen LogP contribution is 2.33. The number of hydrogen-bond acceptors (Lipinski definition) is 4. The zero-order valence-corrected chi connectivity index (χ0v) is 13.8. The molecule has 2 atom stereocenters. The summed E-state index contributed by atoms with van der Waals surface area (Å²) >= 11 is 0. The second-order valence-electron chi connectivity index (χ2n) is 6.05. The molecule has 4 nitrogen and oxygen atoms in total. The second-order valence-corrected chi connectivity index (χ2v) is 6.05. The van der Waals surface area contributed by atoms with Crippen LogP contribution in [0.2, 0.25) is 0 Å². The van der Waals surface area contributed by atoms with Gasteiger partial charge in [0.05, 0.1) is 13.0 Å². The van der Waals surface area contributed by atoms with Gasteiger partial charge in [0.2, 0.25) is 0 Å². The van der Waals surface area contributed by atoms with Crippen molar-refractivity contribution in [2.75, 3.05) is 7.11 Å². The minimum atomic E-state index is -0.394. The number of benzene rings is 2. The van der Waals surface area contributed by atoms with Crippen LogP contribution in [0.5, 0.6) is 0 Å². The maximum Gasteiger partial charge on any atom is 0.312 e. The smallest absolute Gasteiger partial charge is 0.312 e.